The van der Waals surface area contributed by atoms with Crippen molar-refractivity contribution >= 4 is 6.08 Å². The molecule has 1 aromatic carbocycles. The Kier molecular flexibility index (Phi) is 3.57. The molecule has 1 unspecified atom stereocenters. The summed E-state index contributed by atoms with van der Waals surface area (Å²) in [5.74, 6) is 0.347. The zero-order chi connectivity index (χ0) is 17.2. The van der Waals surface area contributed by atoms with Gasteiger partial charge in [-0.25, -0.2) is 0 Å². The molecular weight excluding hydrogens is 288 g/mol. The third kappa shape index (κ3) is 2.28. The average molecular weight is 316 g/mol. The molecule has 1 aromatic rings. The molecular formula is C20H28O3. The zero-order valence-corrected chi connectivity index (χ0v) is 14.7. The molecule has 23 heavy (non-hydrogen) atoms. The van der Waals surface area contributed by atoms with Gasteiger partial charge in [0, 0.05) is 16.5 Å². The standard InChI is InChI=1S/C20H28O3/c1-11(2)14-8-12-6-7-15-19(3,4)9-13(21)10-20(15,5)16(12)18(23)17(14)22/h6-8,11,13,15,21-23H,9-10H2,1-5H3/t13-,15?,20-/m0/s1. The maximum atomic E-state index is 10.8. The van der Waals surface area contributed by atoms with Gasteiger partial charge in [0.05, 0.1) is 6.10 Å². The van der Waals surface area contributed by atoms with Crippen molar-refractivity contribution in [3.05, 3.63) is 28.8 Å². The third-order valence-corrected chi connectivity index (χ3v) is 5.95. The van der Waals surface area contributed by atoms with Crippen molar-refractivity contribution in [3.8, 4) is 11.5 Å². The van der Waals surface area contributed by atoms with Crippen LogP contribution in [0, 0.1) is 11.3 Å². The van der Waals surface area contributed by atoms with Crippen molar-refractivity contribution < 1.29 is 15.3 Å². The first-order valence-corrected chi connectivity index (χ1v) is 8.53. The first-order valence-electron chi connectivity index (χ1n) is 8.53. The molecule has 0 aromatic heterocycles. The molecule has 3 rings (SSSR count). The number of hydrogen-bond acceptors (Lipinski definition) is 3. The molecule has 0 aliphatic heterocycles. The lowest BCUT2D eigenvalue weighted by molar-refractivity contribution is -0.0117. The molecule has 3 N–H and O–H groups in total. The van der Waals surface area contributed by atoms with Gasteiger partial charge in [0.1, 0.15) is 0 Å². The molecule has 3 nitrogen and oxygen atoms in total. The van der Waals surface area contributed by atoms with Crippen molar-refractivity contribution in [1.82, 2.24) is 0 Å². The summed E-state index contributed by atoms with van der Waals surface area (Å²) >= 11 is 0. The van der Waals surface area contributed by atoms with Crippen LogP contribution in [0.2, 0.25) is 0 Å². The Labute approximate surface area is 138 Å². The van der Waals surface area contributed by atoms with Crippen molar-refractivity contribution in [2.75, 3.05) is 0 Å². The van der Waals surface area contributed by atoms with Gasteiger partial charge >= 0.3 is 0 Å². The fourth-order valence-corrected chi connectivity index (χ4v) is 5.09. The van der Waals surface area contributed by atoms with Crippen molar-refractivity contribution in [2.24, 2.45) is 11.3 Å². The highest BCUT2D eigenvalue weighted by Gasteiger charge is 2.52. The highest BCUT2D eigenvalue weighted by molar-refractivity contribution is 5.70. The van der Waals surface area contributed by atoms with E-state index in [4.69, 9.17) is 0 Å². The van der Waals surface area contributed by atoms with E-state index >= 15 is 0 Å². The van der Waals surface area contributed by atoms with Gasteiger partial charge in [0.2, 0.25) is 0 Å². The van der Waals surface area contributed by atoms with E-state index in [2.05, 4.69) is 32.9 Å². The molecule has 2 aliphatic carbocycles. The molecule has 0 saturated heterocycles. The van der Waals surface area contributed by atoms with Crippen LogP contribution in [0.3, 0.4) is 0 Å². The van der Waals surface area contributed by atoms with Gasteiger partial charge in [-0.1, -0.05) is 46.8 Å². The summed E-state index contributed by atoms with van der Waals surface area (Å²) in [7, 11) is 0. The van der Waals surface area contributed by atoms with Crippen LogP contribution in [0.25, 0.3) is 6.08 Å². The van der Waals surface area contributed by atoms with E-state index < -0.39 is 6.10 Å². The SMILES string of the molecule is CC(C)c1cc2c(c(O)c1O)[C@@]1(C)C[C@@H](O)CC(C)(C)C1C=C2. The van der Waals surface area contributed by atoms with Crippen LogP contribution in [0.15, 0.2) is 12.1 Å². The van der Waals surface area contributed by atoms with Gasteiger partial charge in [-0.05, 0) is 41.7 Å². The Hall–Kier alpha value is -1.48. The molecule has 3 heteroatoms. The lowest BCUT2D eigenvalue weighted by Crippen LogP contribution is -2.50. The molecule has 0 bridgehead atoms. The minimum absolute atomic E-state index is 0.00653. The summed E-state index contributed by atoms with van der Waals surface area (Å²) in [4.78, 5) is 0. The summed E-state index contributed by atoms with van der Waals surface area (Å²) in [6.45, 7) is 10.5. The Morgan fingerprint density at radius 2 is 1.74 bits per heavy atom. The molecule has 0 heterocycles. The second-order valence-corrected chi connectivity index (χ2v) is 8.59. The van der Waals surface area contributed by atoms with E-state index in [-0.39, 0.29) is 34.2 Å². The minimum atomic E-state index is -0.392. The largest absolute Gasteiger partial charge is 0.504 e. The lowest BCUT2D eigenvalue weighted by atomic mass is 9.51. The van der Waals surface area contributed by atoms with Crippen LogP contribution in [-0.4, -0.2) is 21.4 Å². The second kappa shape index (κ2) is 5.01. The normalized spacial score (nSPS) is 31.8. The highest BCUT2D eigenvalue weighted by Crippen LogP contribution is 2.59. The van der Waals surface area contributed by atoms with E-state index in [1.54, 1.807) is 0 Å². The number of rotatable bonds is 1. The summed E-state index contributed by atoms with van der Waals surface area (Å²) in [5.41, 5.74) is 2.09. The van der Waals surface area contributed by atoms with E-state index in [1.807, 2.05) is 19.9 Å². The highest BCUT2D eigenvalue weighted by atomic mass is 16.3. The number of phenolic OH excluding ortho intramolecular Hbond substituents is 2. The van der Waals surface area contributed by atoms with Crippen LogP contribution in [0.1, 0.15) is 70.1 Å². The van der Waals surface area contributed by atoms with Gasteiger partial charge in [-0.2, -0.15) is 0 Å². The molecule has 1 fully saturated rings. The number of aromatic hydroxyl groups is 2. The fraction of sp³-hybridized carbons (Fsp3) is 0.600. The molecule has 2 aliphatic rings. The second-order valence-electron chi connectivity index (χ2n) is 8.59. The molecule has 1 saturated carbocycles. The number of fused-ring (bicyclic) bond motifs is 3. The van der Waals surface area contributed by atoms with E-state index in [9.17, 15) is 15.3 Å². The van der Waals surface area contributed by atoms with Crippen LogP contribution >= 0.6 is 0 Å². The Morgan fingerprint density at radius 3 is 2.35 bits per heavy atom. The van der Waals surface area contributed by atoms with Gasteiger partial charge in [0.25, 0.3) is 0 Å². The Balaban J connectivity index is 2.25. The van der Waals surface area contributed by atoms with E-state index in [0.29, 0.717) is 6.42 Å². The summed E-state index contributed by atoms with van der Waals surface area (Å²) in [6.07, 6.45) is 5.27. The Morgan fingerprint density at radius 1 is 1.09 bits per heavy atom. The summed E-state index contributed by atoms with van der Waals surface area (Å²) in [6, 6.07) is 1.99. The minimum Gasteiger partial charge on any atom is -0.504 e. The van der Waals surface area contributed by atoms with Gasteiger partial charge in [-0.3, -0.25) is 0 Å². The number of phenols is 2. The number of aliphatic hydroxyl groups is 1. The molecule has 0 radical (unpaired) electrons. The van der Waals surface area contributed by atoms with Gasteiger partial charge in [-0.15, -0.1) is 0 Å². The van der Waals surface area contributed by atoms with Crippen LogP contribution in [0.5, 0.6) is 11.5 Å². The van der Waals surface area contributed by atoms with Crippen LogP contribution < -0.4 is 0 Å². The number of benzene rings is 1. The van der Waals surface area contributed by atoms with E-state index in [0.717, 1.165) is 23.1 Å². The van der Waals surface area contributed by atoms with Crippen molar-refractivity contribution in [1.29, 1.82) is 0 Å². The van der Waals surface area contributed by atoms with Crippen molar-refractivity contribution in [3.63, 3.8) is 0 Å². The lowest BCUT2D eigenvalue weighted by Gasteiger charge is -2.53. The van der Waals surface area contributed by atoms with Gasteiger partial charge < -0.3 is 15.3 Å². The monoisotopic (exact) mass is 316 g/mol. The maximum Gasteiger partial charge on any atom is 0.162 e. The topological polar surface area (TPSA) is 60.7 Å². The van der Waals surface area contributed by atoms with Gasteiger partial charge in [0.15, 0.2) is 11.5 Å². The summed E-state index contributed by atoms with van der Waals surface area (Å²) in [5, 5.41) is 31.7. The Bertz CT molecular complexity index is 672. The molecule has 126 valence electrons. The predicted molar refractivity (Wildman–Crippen MR) is 92.8 cm³/mol. The number of aliphatic hydroxyl groups excluding tert-OH is 1. The zero-order valence-electron chi connectivity index (χ0n) is 14.7. The smallest absolute Gasteiger partial charge is 0.162 e. The fourth-order valence-electron chi connectivity index (χ4n) is 5.09. The molecule has 3 atom stereocenters. The summed E-state index contributed by atoms with van der Waals surface area (Å²) < 4.78 is 0. The van der Waals surface area contributed by atoms with E-state index in [1.165, 1.54) is 0 Å². The van der Waals surface area contributed by atoms with Crippen LogP contribution in [0.4, 0.5) is 0 Å². The quantitative estimate of drug-likeness (QED) is 0.677. The molecule has 0 spiro atoms. The first kappa shape index (κ1) is 16.4. The molecule has 0 amide bonds. The average Bonchev–Trinajstić information content (AvgIpc) is 2.39. The first-order chi connectivity index (χ1) is 10.6. The number of hydrogen-bond donors (Lipinski definition) is 3. The van der Waals surface area contributed by atoms with Crippen LogP contribution in [-0.2, 0) is 5.41 Å². The van der Waals surface area contributed by atoms with Crippen molar-refractivity contribution in [2.45, 2.75) is 64.9 Å². The third-order valence-electron chi connectivity index (χ3n) is 5.95. The maximum absolute atomic E-state index is 10.8. The predicted octanol–water partition coefficient (Wildman–Crippen LogP) is 4.30. The number of allylic oxidation sites excluding steroid dienone is 1.